The van der Waals surface area contributed by atoms with Gasteiger partial charge in [-0.25, -0.2) is 4.79 Å². The van der Waals surface area contributed by atoms with Gasteiger partial charge in [0.1, 0.15) is 11.9 Å². The van der Waals surface area contributed by atoms with Crippen molar-refractivity contribution in [3.05, 3.63) is 112 Å². The minimum Gasteiger partial charge on any atom is -0.482 e. The Morgan fingerprint density at radius 1 is 0.844 bits per heavy atom. The molecule has 0 radical (unpaired) electrons. The summed E-state index contributed by atoms with van der Waals surface area (Å²) >= 11 is 3.42. The van der Waals surface area contributed by atoms with Crippen LogP contribution < -0.4 is 4.74 Å². The van der Waals surface area contributed by atoms with Gasteiger partial charge in [-0.05, 0) is 40.6 Å². The quantitative estimate of drug-likeness (QED) is 0.313. The lowest BCUT2D eigenvalue weighted by Crippen LogP contribution is -2.21. The standard InChI is InChI=1S/C27H19BrO4/c28-20-12-9-18(10-13-20)25-26(30)22-7-3-4-8-23(22)27(25)32-24(29)16-31-21-14-11-17-5-1-2-6-19(17)15-21/h1-15,25,27H,16H2. The molecular weight excluding hydrogens is 468 g/mol. The Morgan fingerprint density at radius 2 is 1.56 bits per heavy atom. The average molecular weight is 487 g/mol. The van der Waals surface area contributed by atoms with Crippen molar-refractivity contribution in [3.63, 3.8) is 0 Å². The molecule has 0 aromatic heterocycles. The zero-order valence-corrected chi connectivity index (χ0v) is 18.6. The molecule has 5 rings (SSSR count). The van der Waals surface area contributed by atoms with Crippen LogP contribution in [0.5, 0.6) is 5.75 Å². The molecule has 0 amide bonds. The molecule has 0 spiro atoms. The van der Waals surface area contributed by atoms with E-state index in [0.717, 1.165) is 26.4 Å². The highest BCUT2D eigenvalue weighted by molar-refractivity contribution is 9.10. The summed E-state index contributed by atoms with van der Waals surface area (Å²) in [4.78, 5) is 25.9. The highest BCUT2D eigenvalue weighted by Gasteiger charge is 2.43. The van der Waals surface area contributed by atoms with Crippen molar-refractivity contribution in [2.45, 2.75) is 12.0 Å². The Balaban J connectivity index is 1.35. The Hall–Kier alpha value is -3.44. The van der Waals surface area contributed by atoms with Crippen LogP contribution in [-0.4, -0.2) is 18.4 Å². The van der Waals surface area contributed by atoms with Crippen LogP contribution in [0.25, 0.3) is 10.8 Å². The summed E-state index contributed by atoms with van der Waals surface area (Å²) < 4.78 is 12.4. The fraction of sp³-hybridized carbons (Fsp3) is 0.111. The number of Topliss-reactive ketones (excluding diaryl/α,β-unsaturated/α-hetero) is 1. The first-order valence-electron chi connectivity index (χ1n) is 10.3. The van der Waals surface area contributed by atoms with Gasteiger partial charge in [-0.3, -0.25) is 4.79 Å². The molecule has 4 aromatic rings. The highest BCUT2D eigenvalue weighted by atomic mass is 79.9. The van der Waals surface area contributed by atoms with Crippen molar-refractivity contribution >= 4 is 38.5 Å². The molecule has 0 aliphatic heterocycles. The van der Waals surface area contributed by atoms with E-state index in [1.165, 1.54) is 0 Å². The molecule has 1 aliphatic carbocycles. The minimum absolute atomic E-state index is 0.0452. The van der Waals surface area contributed by atoms with E-state index < -0.39 is 18.0 Å². The van der Waals surface area contributed by atoms with E-state index in [2.05, 4.69) is 15.9 Å². The summed E-state index contributed by atoms with van der Waals surface area (Å²) in [6.07, 6.45) is -0.687. The lowest BCUT2D eigenvalue weighted by Gasteiger charge is -2.20. The number of benzene rings is 4. The number of hydrogen-bond acceptors (Lipinski definition) is 4. The highest BCUT2D eigenvalue weighted by Crippen LogP contribution is 2.44. The van der Waals surface area contributed by atoms with E-state index in [-0.39, 0.29) is 12.4 Å². The zero-order valence-electron chi connectivity index (χ0n) is 17.0. The van der Waals surface area contributed by atoms with Crippen molar-refractivity contribution in [3.8, 4) is 5.75 Å². The van der Waals surface area contributed by atoms with Crippen molar-refractivity contribution in [2.24, 2.45) is 0 Å². The Kier molecular flexibility index (Phi) is 5.50. The predicted octanol–water partition coefficient (Wildman–Crippen LogP) is 6.25. The topological polar surface area (TPSA) is 52.6 Å². The van der Waals surface area contributed by atoms with Crippen LogP contribution >= 0.6 is 15.9 Å². The largest absolute Gasteiger partial charge is 0.482 e. The second kappa shape index (κ2) is 8.60. The first kappa shape index (κ1) is 20.5. The number of esters is 1. The van der Waals surface area contributed by atoms with Crippen LogP contribution in [-0.2, 0) is 9.53 Å². The number of ether oxygens (including phenoxy) is 2. The monoisotopic (exact) mass is 486 g/mol. The second-order valence-electron chi connectivity index (χ2n) is 7.69. The summed E-state index contributed by atoms with van der Waals surface area (Å²) in [6.45, 7) is -0.238. The van der Waals surface area contributed by atoms with Gasteiger partial charge in [0, 0.05) is 15.6 Å². The van der Waals surface area contributed by atoms with Crippen LogP contribution in [0.4, 0.5) is 0 Å². The smallest absolute Gasteiger partial charge is 0.344 e. The Labute approximate surface area is 193 Å². The van der Waals surface area contributed by atoms with Crippen LogP contribution in [0.3, 0.4) is 0 Å². The lowest BCUT2D eigenvalue weighted by atomic mass is 9.93. The predicted molar refractivity (Wildman–Crippen MR) is 126 cm³/mol. The number of hydrogen-bond donors (Lipinski definition) is 0. The average Bonchev–Trinajstić information content (AvgIpc) is 3.10. The molecule has 0 heterocycles. The Morgan fingerprint density at radius 3 is 2.38 bits per heavy atom. The number of halogens is 1. The van der Waals surface area contributed by atoms with Gasteiger partial charge in [-0.15, -0.1) is 0 Å². The molecule has 4 nitrogen and oxygen atoms in total. The van der Waals surface area contributed by atoms with Gasteiger partial charge in [0.25, 0.3) is 0 Å². The molecule has 5 heteroatoms. The van der Waals surface area contributed by atoms with E-state index in [9.17, 15) is 9.59 Å². The fourth-order valence-electron chi connectivity index (χ4n) is 4.16. The van der Waals surface area contributed by atoms with Crippen molar-refractivity contribution < 1.29 is 19.1 Å². The summed E-state index contributed by atoms with van der Waals surface area (Å²) in [5.74, 6) is -0.552. The summed E-state index contributed by atoms with van der Waals surface area (Å²) in [6, 6.07) is 28.4. The van der Waals surface area contributed by atoms with Crippen molar-refractivity contribution in [1.82, 2.24) is 0 Å². The molecule has 2 atom stereocenters. The molecule has 158 valence electrons. The first-order chi connectivity index (χ1) is 15.6. The normalized spacial score (nSPS) is 17.2. The molecule has 4 aromatic carbocycles. The van der Waals surface area contributed by atoms with Gasteiger partial charge in [0.05, 0.1) is 5.92 Å². The maximum Gasteiger partial charge on any atom is 0.344 e. The third-order valence-corrected chi connectivity index (χ3v) is 6.21. The second-order valence-corrected chi connectivity index (χ2v) is 8.60. The molecule has 0 bridgehead atoms. The number of fused-ring (bicyclic) bond motifs is 2. The van der Waals surface area contributed by atoms with Gasteiger partial charge in [0.2, 0.25) is 0 Å². The van der Waals surface area contributed by atoms with Crippen LogP contribution in [0.1, 0.15) is 33.5 Å². The molecular formula is C27H19BrO4. The van der Waals surface area contributed by atoms with Gasteiger partial charge in [-0.2, -0.15) is 0 Å². The summed E-state index contributed by atoms with van der Waals surface area (Å²) in [5, 5.41) is 2.13. The lowest BCUT2D eigenvalue weighted by molar-refractivity contribution is -0.152. The summed E-state index contributed by atoms with van der Waals surface area (Å²) in [5.41, 5.74) is 2.13. The molecule has 0 saturated carbocycles. The van der Waals surface area contributed by atoms with E-state index >= 15 is 0 Å². The minimum atomic E-state index is -0.687. The summed E-state index contributed by atoms with van der Waals surface area (Å²) in [7, 11) is 0. The SMILES string of the molecule is O=C(COc1ccc2ccccc2c1)OC1c2ccccc2C(=O)C1c1ccc(Br)cc1. The number of carbonyl (C=O) groups excluding carboxylic acids is 2. The number of ketones is 1. The fourth-order valence-corrected chi connectivity index (χ4v) is 4.42. The Bertz CT molecular complexity index is 1310. The molecule has 2 unspecified atom stereocenters. The molecule has 0 fully saturated rings. The maximum absolute atomic E-state index is 13.1. The van der Waals surface area contributed by atoms with Gasteiger partial charge in [0.15, 0.2) is 12.4 Å². The van der Waals surface area contributed by atoms with Crippen LogP contribution in [0, 0.1) is 0 Å². The number of rotatable bonds is 5. The van der Waals surface area contributed by atoms with E-state index in [4.69, 9.17) is 9.47 Å². The van der Waals surface area contributed by atoms with Gasteiger partial charge in [-0.1, -0.05) is 82.7 Å². The molecule has 32 heavy (non-hydrogen) atoms. The number of carbonyl (C=O) groups is 2. The van der Waals surface area contributed by atoms with Crippen LogP contribution in [0.15, 0.2) is 95.5 Å². The van der Waals surface area contributed by atoms with E-state index in [0.29, 0.717) is 11.3 Å². The van der Waals surface area contributed by atoms with Gasteiger partial charge < -0.3 is 9.47 Å². The van der Waals surface area contributed by atoms with Crippen molar-refractivity contribution in [2.75, 3.05) is 6.61 Å². The molecule has 1 aliphatic rings. The van der Waals surface area contributed by atoms with E-state index in [1.807, 2.05) is 84.9 Å². The zero-order chi connectivity index (χ0) is 22.1. The van der Waals surface area contributed by atoms with Gasteiger partial charge >= 0.3 is 5.97 Å². The van der Waals surface area contributed by atoms with Crippen molar-refractivity contribution in [1.29, 1.82) is 0 Å². The van der Waals surface area contributed by atoms with E-state index in [1.54, 1.807) is 6.07 Å². The molecule has 0 saturated heterocycles. The molecule has 0 N–H and O–H groups in total. The third kappa shape index (κ3) is 3.92. The first-order valence-corrected chi connectivity index (χ1v) is 11.1. The maximum atomic E-state index is 13.1. The third-order valence-electron chi connectivity index (χ3n) is 5.68. The van der Waals surface area contributed by atoms with Crippen LogP contribution in [0.2, 0.25) is 0 Å².